The highest BCUT2D eigenvalue weighted by atomic mass is 79.9. The van der Waals surface area contributed by atoms with Crippen molar-refractivity contribution in [2.24, 2.45) is 0 Å². The first-order valence-electron chi connectivity index (χ1n) is 2.86. The molecule has 1 nitrogen and oxygen atoms in total. The third-order valence-corrected chi connectivity index (χ3v) is 1.65. The van der Waals surface area contributed by atoms with Crippen LogP contribution in [-0.2, 0) is 0 Å². The highest BCUT2D eigenvalue weighted by molar-refractivity contribution is 9.18. The van der Waals surface area contributed by atoms with Gasteiger partial charge in [-0.2, -0.15) is 0 Å². The molecule has 0 aliphatic heterocycles. The van der Waals surface area contributed by atoms with Gasteiger partial charge in [0.25, 0.3) is 0 Å². The van der Waals surface area contributed by atoms with Crippen molar-refractivity contribution in [1.29, 1.82) is 0 Å². The van der Waals surface area contributed by atoms with Gasteiger partial charge in [0.15, 0.2) is 11.6 Å². The first-order chi connectivity index (χ1) is 5.52. The predicted octanol–water partition coefficient (Wildman–Crippen LogP) is 2.64. The van der Waals surface area contributed by atoms with Crippen molar-refractivity contribution >= 4 is 20.6 Å². The minimum Gasteiger partial charge on any atom is -0.281 e. The molecule has 0 saturated heterocycles. The summed E-state index contributed by atoms with van der Waals surface area (Å²) in [5.41, 5.74) is -0.520. The summed E-state index contributed by atoms with van der Waals surface area (Å²) in [5.74, 6) is -3.65. The fourth-order valence-corrected chi connectivity index (χ4v) is 0.977. The summed E-state index contributed by atoms with van der Waals surface area (Å²) < 4.78 is 36.5. The Hall–Kier alpha value is -0.840. The molecule has 0 aliphatic rings. The number of carbonyl (C=O) groups is 1. The van der Waals surface area contributed by atoms with Crippen LogP contribution in [0, 0.1) is 17.5 Å². The van der Waals surface area contributed by atoms with Crippen LogP contribution in [0.3, 0.4) is 0 Å². The van der Waals surface area contributed by atoms with Gasteiger partial charge in [-0.15, -0.1) is 0 Å². The number of rotatable bonds is 1. The molecule has 0 atom stereocenters. The Bertz CT molecular complexity index is 338. The number of carbonyl (C=O) groups excluding carboxylic acids is 1. The molecule has 0 aliphatic carbocycles. The molecule has 0 N–H and O–H groups in total. The number of hydrogen-bond donors (Lipinski definition) is 0. The second kappa shape index (κ2) is 3.26. The topological polar surface area (TPSA) is 17.1 Å². The summed E-state index contributed by atoms with van der Waals surface area (Å²) in [4.78, 5) is 10.5. The van der Waals surface area contributed by atoms with Gasteiger partial charge in [-0.1, -0.05) is 0 Å². The zero-order valence-corrected chi connectivity index (χ0v) is 7.16. The summed E-state index contributed by atoms with van der Waals surface area (Å²) in [6.45, 7) is 0. The molecule has 12 heavy (non-hydrogen) atoms. The molecule has 0 aromatic heterocycles. The molecule has 0 amide bonds. The monoisotopic (exact) mass is 238 g/mol. The largest absolute Gasteiger partial charge is 0.281 e. The average Bonchev–Trinajstić information content (AvgIpc) is 1.96. The van der Waals surface area contributed by atoms with E-state index in [1.807, 2.05) is 0 Å². The molecule has 0 saturated carbocycles. The fourth-order valence-electron chi connectivity index (χ4n) is 0.673. The molecule has 0 spiro atoms. The van der Waals surface area contributed by atoms with Crippen molar-refractivity contribution in [2.75, 3.05) is 0 Å². The van der Waals surface area contributed by atoms with E-state index in [1.54, 1.807) is 0 Å². The van der Waals surface area contributed by atoms with Gasteiger partial charge in [-0.05, 0) is 22.0 Å². The normalized spacial score (nSPS) is 10.0. The molecule has 0 fully saturated rings. The van der Waals surface area contributed by atoms with Crippen molar-refractivity contribution in [3.8, 4) is 0 Å². The maximum Gasteiger partial charge on any atom is 0.231 e. The van der Waals surface area contributed by atoms with Crippen molar-refractivity contribution in [3.05, 3.63) is 35.1 Å². The smallest absolute Gasteiger partial charge is 0.231 e. The highest BCUT2D eigenvalue weighted by Gasteiger charge is 2.13. The maximum atomic E-state index is 12.6. The SMILES string of the molecule is O=C(Br)c1cc(F)c(F)cc1F. The van der Waals surface area contributed by atoms with Gasteiger partial charge >= 0.3 is 0 Å². The first-order valence-corrected chi connectivity index (χ1v) is 3.66. The van der Waals surface area contributed by atoms with Crippen LogP contribution in [-0.4, -0.2) is 4.69 Å². The van der Waals surface area contributed by atoms with E-state index >= 15 is 0 Å². The minimum atomic E-state index is -1.31. The Balaban J connectivity index is 3.33. The van der Waals surface area contributed by atoms with E-state index in [-0.39, 0.29) is 0 Å². The average molecular weight is 239 g/mol. The third-order valence-electron chi connectivity index (χ3n) is 1.22. The fraction of sp³-hybridized carbons (Fsp3) is 0. The van der Waals surface area contributed by atoms with Crippen LogP contribution in [0.15, 0.2) is 12.1 Å². The summed E-state index contributed by atoms with van der Waals surface area (Å²) in [6.07, 6.45) is 0. The lowest BCUT2D eigenvalue weighted by molar-refractivity contribution is 0.109. The van der Waals surface area contributed by atoms with Gasteiger partial charge in [-0.3, -0.25) is 4.79 Å². The Labute approximate surface area is 74.3 Å². The lowest BCUT2D eigenvalue weighted by Gasteiger charge is -1.97. The molecule has 1 aromatic rings. The molecule has 0 unspecified atom stereocenters. The maximum absolute atomic E-state index is 12.6. The summed E-state index contributed by atoms with van der Waals surface area (Å²) >= 11 is 2.42. The molecule has 1 aromatic carbocycles. The number of hydrogen-bond acceptors (Lipinski definition) is 1. The Morgan fingerprint density at radius 2 is 1.58 bits per heavy atom. The van der Waals surface area contributed by atoms with Gasteiger partial charge in [0, 0.05) is 6.07 Å². The van der Waals surface area contributed by atoms with Crippen molar-refractivity contribution in [1.82, 2.24) is 0 Å². The van der Waals surface area contributed by atoms with Crippen LogP contribution in [0.2, 0.25) is 0 Å². The van der Waals surface area contributed by atoms with Crippen molar-refractivity contribution < 1.29 is 18.0 Å². The van der Waals surface area contributed by atoms with E-state index in [4.69, 9.17) is 0 Å². The van der Waals surface area contributed by atoms with E-state index in [1.165, 1.54) is 0 Å². The van der Waals surface area contributed by atoms with Gasteiger partial charge in [-0.25, -0.2) is 13.2 Å². The second-order valence-corrected chi connectivity index (χ2v) is 2.74. The standard InChI is InChI=1S/C7H2BrF3O/c8-7(12)3-1-5(10)6(11)2-4(3)9/h1-2H. The molecule has 1 rings (SSSR count). The Morgan fingerprint density at radius 1 is 1.08 bits per heavy atom. The van der Waals surface area contributed by atoms with Crippen LogP contribution in [0.1, 0.15) is 10.4 Å². The molecular formula is C7H2BrF3O. The van der Waals surface area contributed by atoms with Crippen LogP contribution in [0.25, 0.3) is 0 Å². The third kappa shape index (κ3) is 1.66. The number of halogens is 4. The van der Waals surface area contributed by atoms with Crippen molar-refractivity contribution in [3.63, 3.8) is 0 Å². The van der Waals surface area contributed by atoms with E-state index in [2.05, 4.69) is 15.9 Å². The summed E-state index contributed by atoms with van der Waals surface area (Å²) in [5, 5.41) is 0. The van der Waals surface area contributed by atoms with Crippen LogP contribution in [0.5, 0.6) is 0 Å². The quantitative estimate of drug-likeness (QED) is 0.543. The summed E-state index contributed by atoms with van der Waals surface area (Å²) in [7, 11) is 0. The number of benzene rings is 1. The van der Waals surface area contributed by atoms with Crippen LogP contribution >= 0.6 is 15.9 Å². The summed E-state index contributed by atoms with van der Waals surface area (Å²) in [6, 6.07) is 0.825. The lowest BCUT2D eigenvalue weighted by Crippen LogP contribution is -1.97. The van der Waals surface area contributed by atoms with Crippen LogP contribution < -0.4 is 0 Å². The van der Waals surface area contributed by atoms with E-state index in [0.29, 0.717) is 12.1 Å². The second-order valence-electron chi connectivity index (χ2n) is 2.02. The molecule has 0 bridgehead atoms. The Kier molecular flexibility index (Phi) is 2.52. The molecule has 64 valence electrons. The van der Waals surface area contributed by atoms with Gasteiger partial charge < -0.3 is 0 Å². The zero-order chi connectivity index (χ0) is 9.30. The van der Waals surface area contributed by atoms with Gasteiger partial charge in [0.05, 0.1) is 5.56 Å². The first kappa shape index (κ1) is 9.25. The van der Waals surface area contributed by atoms with E-state index in [0.717, 1.165) is 0 Å². The molecular weight excluding hydrogens is 237 g/mol. The molecule has 0 heterocycles. The van der Waals surface area contributed by atoms with E-state index < -0.39 is 27.7 Å². The van der Waals surface area contributed by atoms with Crippen molar-refractivity contribution in [2.45, 2.75) is 0 Å². The molecule has 5 heteroatoms. The predicted molar refractivity (Wildman–Crippen MR) is 39.6 cm³/mol. The highest BCUT2D eigenvalue weighted by Crippen LogP contribution is 2.15. The zero-order valence-electron chi connectivity index (χ0n) is 5.57. The Morgan fingerprint density at radius 3 is 2.08 bits per heavy atom. The van der Waals surface area contributed by atoms with Gasteiger partial charge in [0.1, 0.15) is 5.82 Å². The minimum absolute atomic E-state index is 0.323. The van der Waals surface area contributed by atoms with Gasteiger partial charge in [0.2, 0.25) is 4.69 Å². The molecule has 0 radical (unpaired) electrons. The van der Waals surface area contributed by atoms with Crippen LogP contribution in [0.4, 0.5) is 13.2 Å². The lowest BCUT2D eigenvalue weighted by atomic mass is 10.2. The van der Waals surface area contributed by atoms with E-state index in [9.17, 15) is 18.0 Å².